The van der Waals surface area contributed by atoms with Gasteiger partial charge in [0.15, 0.2) is 11.5 Å². The van der Waals surface area contributed by atoms with Gasteiger partial charge in [0.25, 0.3) is 0 Å². The van der Waals surface area contributed by atoms with Crippen LogP contribution in [0.15, 0.2) is 32.3 Å². The molecule has 1 aromatic heterocycles. The van der Waals surface area contributed by atoms with E-state index in [1.807, 2.05) is 5.48 Å². The van der Waals surface area contributed by atoms with Crippen LogP contribution in [0.4, 0.5) is 10.1 Å². The monoisotopic (exact) mass is 371 g/mol. The lowest BCUT2D eigenvalue weighted by Crippen LogP contribution is -2.22. The molecular formula is C12H11BrFN5O3. The largest absolute Gasteiger partial charge is 0.370 e. The summed E-state index contributed by atoms with van der Waals surface area (Å²) in [5.41, 5.74) is 7.74. The maximum atomic E-state index is 13.2. The summed E-state index contributed by atoms with van der Waals surface area (Å²) in [7, 11) is 0. The molecule has 0 radical (unpaired) electrons. The number of nitrogens with one attached hydrogen (secondary N) is 1. The van der Waals surface area contributed by atoms with Crippen LogP contribution in [0.2, 0.25) is 0 Å². The number of hydrogen-bond acceptors (Lipinski definition) is 6. The quantitative estimate of drug-likeness (QED) is 0.414. The molecule has 0 saturated heterocycles. The van der Waals surface area contributed by atoms with Crippen LogP contribution in [0.1, 0.15) is 17.8 Å². The second-order valence-corrected chi connectivity index (χ2v) is 5.05. The van der Waals surface area contributed by atoms with Gasteiger partial charge in [-0.2, -0.15) is 0 Å². The summed E-state index contributed by atoms with van der Waals surface area (Å²) in [6.07, 6.45) is 0.226. The van der Waals surface area contributed by atoms with Crippen molar-refractivity contribution >= 4 is 33.4 Å². The van der Waals surface area contributed by atoms with Crippen molar-refractivity contribution in [1.82, 2.24) is 15.8 Å². The minimum absolute atomic E-state index is 0.0437. The number of amides is 1. The highest BCUT2D eigenvalue weighted by molar-refractivity contribution is 9.10. The van der Waals surface area contributed by atoms with Crippen LogP contribution in [-0.4, -0.2) is 27.3 Å². The van der Waals surface area contributed by atoms with E-state index in [0.29, 0.717) is 11.4 Å². The summed E-state index contributed by atoms with van der Waals surface area (Å²) in [6.45, 7) is 0. The third-order valence-corrected chi connectivity index (χ3v) is 3.25. The molecule has 8 nitrogen and oxygen atoms in total. The Morgan fingerprint density at radius 3 is 2.91 bits per heavy atom. The van der Waals surface area contributed by atoms with E-state index in [0.717, 1.165) is 0 Å². The fourth-order valence-electron chi connectivity index (χ4n) is 1.61. The summed E-state index contributed by atoms with van der Waals surface area (Å²) in [6, 6.07) is 4.05. The Kier molecular flexibility index (Phi) is 5.17. The maximum absolute atomic E-state index is 13.2. The number of aromatic nitrogens is 2. The SMILES string of the molecule is NC(=O)CCc1nonc1C(=Nc1ccc(F)c(Br)c1)NO. The number of rotatable bonds is 5. The van der Waals surface area contributed by atoms with Crippen molar-refractivity contribution in [2.45, 2.75) is 12.8 Å². The molecule has 22 heavy (non-hydrogen) atoms. The first-order valence-electron chi connectivity index (χ1n) is 6.05. The Morgan fingerprint density at radius 1 is 1.50 bits per heavy atom. The average Bonchev–Trinajstić information content (AvgIpc) is 2.94. The fourth-order valence-corrected chi connectivity index (χ4v) is 1.97. The number of primary amides is 1. The fraction of sp³-hybridized carbons (Fsp3) is 0.167. The zero-order valence-corrected chi connectivity index (χ0v) is 12.7. The molecule has 0 aliphatic rings. The molecule has 0 aliphatic heterocycles. The van der Waals surface area contributed by atoms with E-state index in [9.17, 15) is 14.4 Å². The Morgan fingerprint density at radius 2 is 2.27 bits per heavy atom. The van der Waals surface area contributed by atoms with Crippen molar-refractivity contribution in [3.05, 3.63) is 39.9 Å². The first-order chi connectivity index (χ1) is 10.5. The molecular weight excluding hydrogens is 361 g/mol. The Balaban J connectivity index is 2.31. The lowest BCUT2D eigenvalue weighted by molar-refractivity contribution is -0.118. The molecule has 0 unspecified atom stereocenters. The van der Waals surface area contributed by atoms with Crippen LogP contribution in [0, 0.1) is 5.82 Å². The van der Waals surface area contributed by atoms with Crippen LogP contribution in [0.5, 0.6) is 0 Å². The summed E-state index contributed by atoms with van der Waals surface area (Å²) in [5, 5.41) is 16.5. The van der Waals surface area contributed by atoms with Gasteiger partial charge in [-0.15, -0.1) is 0 Å². The normalized spacial score (nSPS) is 11.5. The van der Waals surface area contributed by atoms with Crippen molar-refractivity contribution in [1.29, 1.82) is 0 Å². The van der Waals surface area contributed by atoms with E-state index < -0.39 is 11.7 Å². The van der Waals surface area contributed by atoms with E-state index in [1.165, 1.54) is 18.2 Å². The van der Waals surface area contributed by atoms with Crippen LogP contribution in [0.25, 0.3) is 0 Å². The van der Waals surface area contributed by atoms with Crippen molar-refractivity contribution < 1.29 is 19.0 Å². The van der Waals surface area contributed by atoms with E-state index in [1.54, 1.807) is 0 Å². The molecule has 0 spiro atoms. The van der Waals surface area contributed by atoms with Gasteiger partial charge in [-0.05, 0) is 39.3 Å². The zero-order chi connectivity index (χ0) is 16.1. The van der Waals surface area contributed by atoms with Gasteiger partial charge in [0.2, 0.25) is 5.91 Å². The molecule has 1 amide bonds. The summed E-state index contributed by atoms with van der Waals surface area (Å²) < 4.78 is 18.0. The minimum atomic E-state index is -0.508. The second kappa shape index (κ2) is 7.09. The molecule has 0 aliphatic carbocycles. The molecule has 0 fully saturated rings. The number of carbonyl (C=O) groups excluding carboxylic acids is 1. The van der Waals surface area contributed by atoms with Gasteiger partial charge in [-0.3, -0.25) is 15.5 Å². The average molecular weight is 372 g/mol. The van der Waals surface area contributed by atoms with Crippen molar-refractivity contribution in [3.63, 3.8) is 0 Å². The highest BCUT2D eigenvalue weighted by Crippen LogP contribution is 2.22. The number of hydrogen-bond donors (Lipinski definition) is 3. The number of carbonyl (C=O) groups is 1. The Bertz CT molecular complexity index is 719. The van der Waals surface area contributed by atoms with Gasteiger partial charge in [0.1, 0.15) is 11.5 Å². The third-order valence-electron chi connectivity index (χ3n) is 2.64. The second-order valence-electron chi connectivity index (χ2n) is 4.20. The number of nitrogens with two attached hydrogens (primary N) is 1. The van der Waals surface area contributed by atoms with Gasteiger partial charge in [0, 0.05) is 12.8 Å². The standard InChI is InChI=1S/C12H11BrFN5O3/c13-7-5-6(1-2-8(7)14)16-12(17-21)11-9(18-22-19-11)3-4-10(15)20/h1-2,5,21H,3-4H2,(H2,15,20)(H,16,17). The molecule has 10 heteroatoms. The first kappa shape index (κ1) is 16.0. The molecule has 2 aromatic rings. The van der Waals surface area contributed by atoms with E-state index in [4.69, 9.17) is 5.73 Å². The van der Waals surface area contributed by atoms with Gasteiger partial charge in [0.05, 0.1) is 10.2 Å². The van der Waals surface area contributed by atoms with Crippen LogP contribution in [-0.2, 0) is 11.2 Å². The predicted octanol–water partition coefficient (Wildman–Crippen LogP) is 1.45. The van der Waals surface area contributed by atoms with E-state index in [-0.39, 0.29) is 28.8 Å². The number of amidine groups is 1. The van der Waals surface area contributed by atoms with Gasteiger partial charge in [-0.1, -0.05) is 5.16 Å². The summed E-state index contributed by atoms with van der Waals surface area (Å²) >= 11 is 3.04. The van der Waals surface area contributed by atoms with Crippen LogP contribution < -0.4 is 11.2 Å². The molecule has 1 aromatic carbocycles. The molecule has 4 N–H and O–H groups in total. The number of benzene rings is 1. The summed E-state index contributed by atoms with van der Waals surface area (Å²) in [4.78, 5) is 14.9. The van der Waals surface area contributed by atoms with Crippen molar-refractivity contribution in [2.24, 2.45) is 10.7 Å². The van der Waals surface area contributed by atoms with Gasteiger partial charge in [-0.25, -0.2) is 14.0 Å². The molecule has 0 saturated carbocycles. The van der Waals surface area contributed by atoms with Crippen molar-refractivity contribution in [3.8, 4) is 0 Å². The molecule has 0 atom stereocenters. The number of aliphatic imine (C=N–C) groups is 1. The predicted molar refractivity (Wildman–Crippen MR) is 77.0 cm³/mol. The van der Waals surface area contributed by atoms with Crippen molar-refractivity contribution in [2.75, 3.05) is 0 Å². The van der Waals surface area contributed by atoms with E-state index in [2.05, 4.69) is 35.9 Å². The first-order valence-corrected chi connectivity index (χ1v) is 6.84. The van der Waals surface area contributed by atoms with Gasteiger partial charge < -0.3 is 5.73 Å². The molecule has 1 heterocycles. The number of aryl methyl sites for hydroxylation is 1. The molecule has 2 rings (SSSR count). The number of halogens is 2. The number of nitrogens with zero attached hydrogens (tertiary/aromatic N) is 3. The van der Waals surface area contributed by atoms with Crippen LogP contribution >= 0.6 is 15.9 Å². The van der Waals surface area contributed by atoms with Crippen LogP contribution in [0.3, 0.4) is 0 Å². The minimum Gasteiger partial charge on any atom is -0.370 e. The topological polar surface area (TPSA) is 127 Å². The lowest BCUT2D eigenvalue weighted by Gasteiger charge is -2.03. The smallest absolute Gasteiger partial charge is 0.217 e. The van der Waals surface area contributed by atoms with E-state index >= 15 is 0 Å². The summed E-state index contributed by atoms with van der Waals surface area (Å²) in [5.74, 6) is -1.01. The highest BCUT2D eigenvalue weighted by Gasteiger charge is 2.17. The zero-order valence-electron chi connectivity index (χ0n) is 11.1. The highest BCUT2D eigenvalue weighted by atomic mass is 79.9. The lowest BCUT2D eigenvalue weighted by atomic mass is 10.2. The maximum Gasteiger partial charge on any atom is 0.217 e. The molecule has 116 valence electrons. The van der Waals surface area contributed by atoms with Gasteiger partial charge >= 0.3 is 0 Å². The molecule has 0 bridgehead atoms. The number of hydroxylamine groups is 1. The Hall–Kier alpha value is -2.33. The Labute approximate surface area is 132 Å². The third kappa shape index (κ3) is 3.86.